The molecule has 0 spiro atoms. The lowest BCUT2D eigenvalue weighted by Crippen LogP contribution is -2.17. The quantitative estimate of drug-likeness (QED) is 0.705. The predicted octanol–water partition coefficient (Wildman–Crippen LogP) is 4.19. The lowest BCUT2D eigenvalue weighted by atomic mass is 10.0. The van der Waals surface area contributed by atoms with Gasteiger partial charge in [0.05, 0.1) is 13.0 Å². The molecule has 24 heavy (non-hydrogen) atoms. The maximum atomic E-state index is 11.6. The van der Waals surface area contributed by atoms with Gasteiger partial charge in [-0.3, -0.25) is 4.79 Å². The van der Waals surface area contributed by atoms with Crippen LogP contribution in [0.4, 0.5) is 0 Å². The molecule has 0 saturated heterocycles. The molecule has 1 aromatic heterocycles. The number of ether oxygens (including phenoxy) is 1. The zero-order chi connectivity index (χ0) is 16.4. The van der Waals surface area contributed by atoms with E-state index in [1.54, 1.807) is 6.92 Å². The molecule has 0 saturated carbocycles. The molecule has 0 radical (unpaired) electrons. The Labute approximate surface area is 148 Å². The van der Waals surface area contributed by atoms with Crippen molar-refractivity contribution < 1.29 is 9.53 Å². The fraction of sp³-hybridized carbons (Fsp3) is 0.316. The van der Waals surface area contributed by atoms with E-state index in [0.717, 1.165) is 12.1 Å². The van der Waals surface area contributed by atoms with Gasteiger partial charge >= 0.3 is 5.97 Å². The first-order valence-electron chi connectivity index (χ1n) is 8.07. The van der Waals surface area contributed by atoms with E-state index in [9.17, 15) is 4.79 Å². The Hall–Kier alpha value is -2.04. The highest BCUT2D eigenvalue weighted by Crippen LogP contribution is 2.31. The number of carbonyl (C=O) groups is 1. The molecule has 2 aromatic carbocycles. The van der Waals surface area contributed by atoms with Gasteiger partial charge in [-0.2, -0.15) is 0 Å². The number of hydrogen-bond donors (Lipinski definition) is 1. The smallest absolute Gasteiger partial charge is 0.307 e. The summed E-state index contributed by atoms with van der Waals surface area (Å²) in [5.41, 5.74) is 9.57. The Balaban J connectivity index is 0.00000208. The number of nitrogens with two attached hydrogens (primary N) is 1. The molecule has 0 fully saturated rings. The number of fused-ring (bicyclic) bond motifs is 3. The largest absolute Gasteiger partial charge is 0.466 e. The van der Waals surface area contributed by atoms with Crippen LogP contribution in [0, 0.1) is 0 Å². The number of rotatable bonds is 5. The van der Waals surface area contributed by atoms with Gasteiger partial charge < -0.3 is 15.0 Å². The highest BCUT2D eigenvalue weighted by Gasteiger charge is 2.15. The van der Waals surface area contributed by atoms with E-state index in [-0.39, 0.29) is 30.8 Å². The molecular formula is C19H23ClN2O2. The van der Waals surface area contributed by atoms with Crippen molar-refractivity contribution in [1.82, 2.24) is 4.57 Å². The van der Waals surface area contributed by atoms with E-state index in [2.05, 4.69) is 41.8 Å². The molecule has 0 bridgehead atoms. The highest BCUT2D eigenvalue weighted by atomic mass is 35.5. The van der Waals surface area contributed by atoms with Crippen LogP contribution in [0.15, 0.2) is 42.5 Å². The van der Waals surface area contributed by atoms with Crippen molar-refractivity contribution in [3.05, 3.63) is 48.0 Å². The zero-order valence-electron chi connectivity index (χ0n) is 14.0. The normalized spacial score (nSPS) is 12.1. The minimum absolute atomic E-state index is 0. The van der Waals surface area contributed by atoms with Crippen molar-refractivity contribution in [3.63, 3.8) is 0 Å². The Morgan fingerprint density at radius 3 is 2.54 bits per heavy atom. The summed E-state index contributed by atoms with van der Waals surface area (Å²) in [5.74, 6) is -0.254. The first-order chi connectivity index (χ1) is 11.2. The molecule has 2 N–H and O–H groups in total. The van der Waals surface area contributed by atoms with E-state index in [4.69, 9.17) is 10.5 Å². The lowest BCUT2D eigenvalue weighted by molar-refractivity contribution is -0.143. The maximum absolute atomic E-state index is 11.6. The van der Waals surface area contributed by atoms with Crippen molar-refractivity contribution in [1.29, 1.82) is 0 Å². The molecule has 1 heterocycles. The highest BCUT2D eigenvalue weighted by molar-refractivity contribution is 6.08. The Kier molecular flexibility index (Phi) is 5.86. The minimum atomic E-state index is -0.345. The average molecular weight is 347 g/mol. The number of para-hydroxylation sites is 1. The van der Waals surface area contributed by atoms with Crippen LogP contribution in [-0.4, -0.2) is 17.1 Å². The maximum Gasteiger partial charge on any atom is 0.307 e. The predicted molar refractivity (Wildman–Crippen MR) is 101 cm³/mol. The fourth-order valence-corrected chi connectivity index (χ4v) is 3.16. The van der Waals surface area contributed by atoms with Crippen molar-refractivity contribution in [3.8, 4) is 0 Å². The Morgan fingerprint density at radius 2 is 1.83 bits per heavy atom. The molecule has 128 valence electrons. The van der Waals surface area contributed by atoms with Gasteiger partial charge in [-0.05, 0) is 37.6 Å². The van der Waals surface area contributed by atoms with E-state index in [1.165, 1.54) is 21.8 Å². The molecule has 0 unspecified atom stereocenters. The number of aryl methyl sites for hydroxylation is 1. The van der Waals surface area contributed by atoms with Gasteiger partial charge in [0.2, 0.25) is 0 Å². The summed E-state index contributed by atoms with van der Waals surface area (Å²) in [6.07, 6.45) is 0.200. The topological polar surface area (TPSA) is 57.2 Å². The minimum Gasteiger partial charge on any atom is -0.466 e. The van der Waals surface area contributed by atoms with Crippen molar-refractivity contribution in [2.75, 3.05) is 6.61 Å². The van der Waals surface area contributed by atoms with Crippen LogP contribution in [0.5, 0.6) is 0 Å². The molecule has 4 nitrogen and oxygen atoms in total. The summed E-state index contributed by atoms with van der Waals surface area (Å²) in [6.45, 7) is 5.24. The number of benzene rings is 2. The molecule has 0 aliphatic carbocycles. The molecule has 5 heteroatoms. The monoisotopic (exact) mass is 346 g/mol. The zero-order valence-corrected chi connectivity index (χ0v) is 14.8. The van der Waals surface area contributed by atoms with Gasteiger partial charge in [0.25, 0.3) is 0 Å². The fourth-order valence-electron chi connectivity index (χ4n) is 3.16. The molecule has 0 aliphatic heterocycles. The third-order valence-corrected chi connectivity index (χ3v) is 4.23. The van der Waals surface area contributed by atoms with Crippen molar-refractivity contribution in [2.45, 2.75) is 32.9 Å². The van der Waals surface area contributed by atoms with Crippen LogP contribution in [0.3, 0.4) is 0 Å². The number of esters is 1. The summed E-state index contributed by atoms with van der Waals surface area (Å²) < 4.78 is 7.29. The van der Waals surface area contributed by atoms with Crippen LogP contribution in [-0.2, 0) is 16.1 Å². The standard InChI is InChI=1S/C19H22N2O2.ClH/c1-3-21-17-8-6-5-7-14(17)15-11-13(9-10-18(15)21)16(20)12-19(22)23-4-2;/h5-11,16H,3-4,12,20H2,1-2H3;1H/t16-;/m0./s1. The third kappa shape index (κ3) is 3.25. The average Bonchev–Trinajstić information content (AvgIpc) is 2.88. The summed E-state index contributed by atoms with van der Waals surface area (Å²) in [5, 5.41) is 2.40. The van der Waals surface area contributed by atoms with Gasteiger partial charge in [-0.25, -0.2) is 0 Å². The summed E-state index contributed by atoms with van der Waals surface area (Å²) >= 11 is 0. The number of halogens is 1. The van der Waals surface area contributed by atoms with E-state index in [1.807, 2.05) is 12.1 Å². The van der Waals surface area contributed by atoms with Gasteiger partial charge in [0, 0.05) is 34.4 Å². The first kappa shape index (κ1) is 18.3. The molecule has 1 atom stereocenters. The van der Waals surface area contributed by atoms with Crippen LogP contribution in [0.2, 0.25) is 0 Å². The molecule has 0 aliphatic rings. The van der Waals surface area contributed by atoms with Crippen LogP contribution in [0.25, 0.3) is 21.8 Å². The summed E-state index contributed by atoms with van der Waals surface area (Å²) in [6, 6.07) is 14.2. The molecular weight excluding hydrogens is 324 g/mol. The Bertz CT molecular complexity index is 857. The van der Waals surface area contributed by atoms with E-state index in [0.29, 0.717) is 6.61 Å². The summed E-state index contributed by atoms with van der Waals surface area (Å²) in [7, 11) is 0. The van der Waals surface area contributed by atoms with E-state index >= 15 is 0 Å². The SMILES string of the molecule is CCOC(=O)C[C@H](N)c1ccc2c(c1)c1ccccc1n2CC.Cl. The summed E-state index contributed by atoms with van der Waals surface area (Å²) in [4.78, 5) is 11.6. The van der Waals surface area contributed by atoms with Crippen LogP contribution < -0.4 is 5.73 Å². The second-order valence-corrected chi connectivity index (χ2v) is 5.65. The Morgan fingerprint density at radius 1 is 1.12 bits per heavy atom. The number of carbonyl (C=O) groups excluding carboxylic acids is 1. The van der Waals surface area contributed by atoms with Crippen molar-refractivity contribution >= 4 is 40.2 Å². The van der Waals surface area contributed by atoms with Crippen LogP contribution >= 0.6 is 12.4 Å². The van der Waals surface area contributed by atoms with Gasteiger partial charge in [-0.15, -0.1) is 12.4 Å². The molecule has 3 rings (SSSR count). The van der Waals surface area contributed by atoms with Gasteiger partial charge in [0.15, 0.2) is 0 Å². The first-order valence-corrected chi connectivity index (χ1v) is 8.07. The van der Waals surface area contributed by atoms with Crippen LogP contribution in [0.1, 0.15) is 31.9 Å². The third-order valence-electron chi connectivity index (χ3n) is 4.23. The van der Waals surface area contributed by atoms with Crippen molar-refractivity contribution in [2.24, 2.45) is 5.73 Å². The number of nitrogens with zero attached hydrogens (tertiary/aromatic N) is 1. The second kappa shape index (κ2) is 7.69. The molecule has 0 amide bonds. The number of hydrogen-bond acceptors (Lipinski definition) is 3. The number of aromatic nitrogens is 1. The van der Waals surface area contributed by atoms with E-state index < -0.39 is 0 Å². The second-order valence-electron chi connectivity index (χ2n) is 5.65. The lowest BCUT2D eigenvalue weighted by Gasteiger charge is -2.12. The molecule has 3 aromatic rings. The van der Waals surface area contributed by atoms with Gasteiger partial charge in [-0.1, -0.05) is 24.3 Å². The van der Waals surface area contributed by atoms with Gasteiger partial charge in [0.1, 0.15) is 0 Å².